The first-order valence-electron chi connectivity index (χ1n) is 16.9. The van der Waals surface area contributed by atoms with Gasteiger partial charge in [0.2, 0.25) is 5.82 Å². The molecule has 0 aliphatic carbocycles. The van der Waals surface area contributed by atoms with Crippen molar-refractivity contribution >= 4 is 23.9 Å². The third-order valence-corrected chi connectivity index (χ3v) is 8.44. The number of carbonyl (C=O) groups is 4. The third kappa shape index (κ3) is 14.4. The van der Waals surface area contributed by atoms with Gasteiger partial charge in [0.15, 0.2) is 0 Å². The highest BCUT2D eigenvalue weighted by Gasteiger charge is 2.41. The molecular formula is C33H51FN2O11. The summed E-state index contributed by atoms with van der Waals surface area (Å²) in [4.78, 5) is 74.9. The summed E-state index contributed by atoms with van der Waals surface area (Å²) in [6, 6.07) is 0. The molecule has 1 fully saturated rings. The topological polar surface area (TPSA) is 191 Å². The van der Waals surface area contributed by atoms with Crippen LogP contribution in [0, 0.1) is 17.7 Å². The molecule has 1 aliphatic rings. The molecule has 1 aliphatic heterocycles. The Morgan fingerprint density at radius 2 is 1.38 bits per heavy atom. The number of hydrogen-bond acceptors (Lipinski definition) is 9. The predicted octanol–water partition coefficient (Wildman–Crippen LogP) is 5.10. The van der Waals surface area contributed by atoms with E-state index in [1.165, 1.54) is 0 Å². The highest BCUT2D eigenvalue weighted by Crippen LogP contribution is 2.31. The Morgan fingerprint density at radius 3 is 1.91 bits per heavy atom. The molecule has 0 aromatic carbocycles. The fourth-order valence-corrected chi connectivity index (χ4v) is 5.64. The normalized spacial score (nSPS) is 18.8. The molecule has 266 valence electrons. The smallest absolute Gasteiger partial charge is 0.330 e. The van der Waals surface area contributed by atoms with E-state index in [0.717, 1.165) is 68.8 Å². The van der Waals surface area contributed by atoms with Gasteiger partial charge in [0.25, 0.3) is 5.56 Å². The van der Waals surface area contributed by atoms with Crippen LogP contribution in [0.3, 0.4) is 0 Å². The summed E-state index contributed by atoms with van der Waals surface area (Å²) in [5.74, 6) is -7.06. The highest BCUT2D eigenvalue weighted by molar-refractivity contribution is 5.79. The number of hydrogen-bond donors (Lipinski definition) is 3. The van der Waals surface area contributed by atoms with Crippen LogP contribution in [0.15, 0.2) is 15.8 Å². The minimum atomic E-state index is -1.25. The average molecular weight is 671 g/mol. The number of esters is 2. The van der Waals surface area contributed by atoms with Gasteiger partial charge in [-0.15, -0.1) is 0 Å². The number of carbonyl (C=O) groups excluding carboxylic acids is 2. The molecule has 2 heterocycles. The van der Waals surface area contributed by atoms with E-state index >= 15 is 0 Å². The van der Waals surface area contributed by atoms with Crippen LogP contribution in [0.1, 0.15) is 129 Å². The molecule has 14 heteroatoms. The van der Waals surface area contributed by atoms with Gasteiger partial charge in [-0.05, 0) is 12.8 Å². The second-order valence-electron chi connectivity index (χ2n) is 12.3. The number of rotatable bonds is 24. The van der Waals surface area contributed by atoms with Gasteiger partial charge in [0.05, 0.1) is 30.9 Å². The van der Waals surface area contributed by atoms with Gasteiger partial charge in [-0.25, -0.2) is 4.79 Å². The maximum absolute atomic E-state index is 14.0. The van der Waals surface area contributed by atoms with E-state index in [1.54, 1.807) is 0 Å². The lowest BCUT2D eigenvalue weighted by atomic mass is 9.97. The van der Waals surface area contributed by atoms with E-state index in [9.17, 15) is 43.4 Å². The molecule has 2 rings (SSSR count). The van der Waals surface area contributed by atoms with Gasteiger partial charge in [-0.2, -0.15) is 4.39 Å². The Hall–Kier alpha value is -3.55. The van der Waals surface area contributed by atoms with E-state index in [0.29, 0.717) is 25.5 Å². The molecule has 0 radical (unpaired) electrons. The monoisotopic (exact) mass is 670 g/mol. The lowest BCUT2D eigenvalue weighted by Gasteiger charge is -2.20. The number of nitrogens with zero attached hydrogens (tertiary/aromatic N) is 1. The molecule has 0 bridgehead atoms. The highest BCUT2D eigenvalue weighted by atomic mass is 19.1. The van der Waals surface area contributed by atoms with E-state index in [1.807, 2.05) is 4.98 Å². The maximum Gasteiger partial charge on any atom is 0.330 e. The molecule has 1 aromatic heterocycles. The van der Waals surface area contributed by atoms with E-state index < -0.39 is 84.2 Å². The SMILES string of the molecule is CCCCCCCCC(CC(=O)OC[C@@H]1O[C@H](n2cc(F)c(=O)[nH]c2=O)CC1OC(=O)CC(CCCCCCCC)C(=O)O)C(=O)O. The largest absolute Gasteiger partial charge is 0.481 e. The summed E-state index contributed by atoms with van der Waals surface area (Å²) in [7, 11) is 0. The zero-order valence-electron chi connectivity index (χ0n) is 27.6. The molecule has 1 saturated heterocycles. The average Bonchev–Trinajstić information content (AvgIpc) is 3.41. The Bertz CT molecular complexity index is 1260. The van der Waals surface area contributed by atoms with Gasteiger partial charge >= 0.3 is 29.6 Å². The number of ether oxygens (including phenoxy) is 3. The number of unbranched alkanes of at least 4 members (excludes halogenated alkanes) is 10. The van der Waals surface area contributed by atoms with E-state index in [4.69, 9.17) is 14.2 Å². The lowest BCUT2D eigenvalue weighted by molar-refractivity contribution is -0.163. The van der Waals surface area contributed by atoms with Crippen molar-refractivity contribution in [1.29, 1.82) is 0 Å². The number of carboxylic acids is 2. The first-order valence-corrected chi connectivity index (χ1v) is 16.9. The zero-order chi connectivity index (χ0) is 34.8. The summed E-state index contributed by atoms with van der Waals surface area (Å²) in [5.41, 5.74) is -2.20. The molecular weight excluding hydrogens is 619 g/mol. The Balaban J connectivity index is 2.05. The zero-order valence-corrected chi connectivity index (χ0v) is 27.6. The Morgan fingerprint density at radius 1 is 0.872 bits per heavy atom. The van der Waals surface area contributed by atoms with Gasteiger partial charge < -0.3 is 24.4 Å². The number of H-pyrrole nitrogens is 1. The van der Waals surface area contributed by atoms with Crippen molar-refractivity contribution in [1.82, 2.24) is 9.55 Å². The van der Waals surface area contributed by atoms with Crippen LogP contribution in [0.4, 0.5) is 4.39 Å². The Labute approximate surface area is 274 Å². The molecule has 0 saturated carbocycles. The van der Waals surface area contributed by atoms with Crippen molar-refractivity contribution in [2.75, 3.05) is 6.61 Å². The second-order valence-corrected chi connectivity index (χ2v) is 12.3. The number of aromatic nitrogens is 2. The minimum absolute atomic E-state index is 0.190. The second kappa shape index (κ2) is 21.3. The van der Waals surface area contributed by atoms with Crippen LogP contribution >= 0.6 is 0 Å². The van der Waals surface area contributed by atoms with Crippen LogP contribution in [0.2, 0.25) is 0 Å². The van der Waals surface area contributed by atoms with E-state index in [2.05, 4.69) is 13.8 Å². The van der Waals surface area contributed by atoms with Gasteiger partial charge in [0, 0.05) is 6.42 Å². The van der Waals surface area contributed by atoms with E-state index in [-0.39, 0.29) is 19.3 Å². The predicted molar refractivity (Wildman–Crippen MR) is 168 cm³/mol. The fraction of sp³-hybridized carbons (Fsp3) is 0.758. The van der Waals surface area contributed by atoms with Gasteiger partial charge in [-0.3, -0.25) is 33.5 Å². The number of carboxylic acid groups (broad SMARTS) is 2. The summed E-state index contributed by atoms with van der Waals surface area (Å²) in [5, 5.41) is 19.3. The van der Waals surface area contributed by atoms with Crippen molar-refractivity contribution in [3.8, 4) is 0 Å². The lowest BCUT2D eigenvalue weighted by Crippen LogP contribution is -2.34. The van der Waals surface area contributed by atoms with Crippen molar-refractivity contribution in [3.05, 3.63) is 32.9 Å². The van der Waals surface area contributed by atoms with Crippen LogP contribution in [0.25, 0.3) is 0 Å². The molecule has 0 spiro atoms. The Kier molecular flexibility index (Phi) is 18.0. The minimum Gasteiger partial charge on any atom is -0.481 e. The summed E-state index contributed by atoms with van der Waals surface area (Å²) < 4.78 is 31.5. The number of nitrogens with one attached hydrogen (secondary N) is 1. The fourth-order valence-electron chi connectivity index (χ4n) is 5.64. The van der Waals surface area contributed by atoms with Crippen LogP contribution in [0.5, 0.6) is 0 Å². The molecule has 1 aromatic rings. The van der Waals surface area contributed by atoms with Crippen LogP contribution in [-0.4, -0.2) is 62.5 Å². The van der Waals surface area contributed by atoms with Crippen LogP contribution < -0.4 is 11.2 Å². The van der Waals surface area contributed by atoms with Crippen molar-refractivity contribution in [2.45, 2.75) is 141 Å². The first-order chi connectivity index (χ1) is 22.5. The van der Waals surface area contributed by atoms with Crippen LogP contribution in [-0.2, 0) is 33.4 Å². The summed E-state index contributed by atoms with van der Waals surface area (Å²) in [6.45, 7) is 3.73. The molecule has 3 N–H and O–H groups in total. The number of halogens is 1. The third-order valence-electron chi connectivity index (χ3n) is 8.44. The molecule has 0 amide bonds. The number of aromatic amines is 1. The van der Waals surface area contributed by atoms with Crippen molar-refractivity contribution in [2.24, 2.45) is 11.8 Å². The summed E-state index contributed by atoms with van der Waals surface area (Å²) >= 11 is 0. The summed E-state index contributed by atoms with van der Waals surface area (Å²) in [6.07, 6.45) is 8.26. The number of aliphatic carboxylic acids is 2. The maximum atomic E-state index is 14.0. The molecule has 3 unspecified atom stereocenters. The molecule has 13 nitrogen and oxygen atoms in total. The first kappa shape index (κ1) is 39.6. The van der Waals surface area contributed by atoms with Gasteiger partial charge in [-0.1, -0.05) is 90.9 Å². The van der Waals surface area contributed by atoms with Crippen molar-refractivity contribution < 1.29 is 48.0 Å². The van der Waals surface area contributed by atoms with Crippen molar-refractivity contribution in [3.63, 3.8) is 0 Å². The molecule has 47 heavy (non-hydrogen) atoms. The molecule has 5 atom stereocenters. The standard InChI is InChI=1S/C33H51FN2O11/c1-3-5-7-9-11-13-15-22(31(40)41)17-28(37)45-21-26-25(19-27(46-26)36-20-24(34)30(39)35-33(36)44)47-29(38)18-23(32(42)43)16-14-12-10-8-6-4-2/h20,22-23,25-27H,3-19,21H2,1-2H3,(H,40,41)(H,42,43)(H,35,39,44)/t22?,23?,25?,26-,27-/m0/s1. The van der Waals surface area contributed by atoms with Gasteiger partial charge in [0.1, 0.15) is 25.0 Å². The quantitative estimate of drug-likeness (QED) is 0.0979.